The number of aromatic nitrogens is 2. The van der Waals surface area contributed by atoms with Crippen LogP contribution in [-0.2, 0) is 16.4 Å². The molecule has 5 nitrogen and oxygen atoms in total. The van der Waals surface area contributed by atoms with E-state index in [4.69, 9.17) is 0 Å². The minimum Gasteiger partial charge on any atom is -0.311 e. The summed E-state index contributed by atoms with van der Waals surface area (Å²) in [4.78, 5) is 7.76. The van der Waals surface area contributed by atoms with Crippen molar-refractivity contribution in [2.24, 2.45) is 0 Å². The zero-order valence-corrected chi connectivity index (χ0v) is 10.6. The van der Waals surface area contributed by atoms with E-state index in [1.807, 2.05) is 0 Å². The molecule has 6 heteroatoms. The molecule has 90 valence electrons. The SMILES string of the molecule is CC(C)(CNCc1cncnc1)S(C)(=O)=O. The highest BCUT2D eigenvalue weighted by atomic mass is 32.2. The van der Waals surface area contributed by atoms with Crippen molar-refractivity contribution in [2.75, 3.05) is 12.8 Å². The molecule has 0 atom stereocenters. The smallest absolute Gasteiger partial charge is 0.153 e. The van der Waals surface area contributed by atoms with Gasteiger partial charge in [-0.25, -0.2) is 18.4 Å². The van der Waals surface area contributed by atoms with Crippen LogP contribution in [0.3, 0.4) is 0 Å². The van der Waals surface area contributed by atoms with Crippen LogP contribution in [0, 0.1) is 0 Å². The van der Waals surface area contributed by atoms with Crippen molar-refractivity contribution in [3.05, 3.63) is 24.3 Å². The molecule has 16 heavy (non-hydrogen) atoms. The molecule has 0 fully saturated rings. The lowest BCUT2D eigenvalue weighted by Crippen LogP contribution is -2.41. The van der Waals surface area contributed by atoms with E-state index in [1.54, 1.807) is 26.2 Å². The minimum absolute atomic E-state index is 0.403. The third-order valence-electron chi connectivity index (χ3n) is 2.50. The fraction of sp³-hybridized carbons (Fsp3) is 0.600. The lowest BCUT2D eigenvalue weighted by Gasteiger charge is -2.22. The van der Waals surface area contributed by atoms with Gasteiger partial charge in [0.2, 0.25) is 0 Å². The maximum Gasteiger partial charge on any atom is 0.153 e. The van der Waals surface area contributed by atoms with Gasteiger partial charge in [-0.3, -0.25) is 0 Å². The van der Waals surface area contributed by atoms with Gasteiger partial charge in [0.05, 0.1) is 4.75 Å². The molecular weight excluding hydrogens is 226 g/mol. The highest BCUT2D eigenvalue weighted by Gasteiger charge is 2.29. The molecule has 0 unspecified atom stereocenters. The first-order chi connectivity index (χ1) is 7.33. The number of rotatable bonds is 5. The van der Waals surface area contributed by atoms with Gasteiger partial charge < -0.3 is 5.32 Å². The lowest BCUT2D eigenvalue weighted by molar-refractivity contribution is 0.521. The van der Waals surface area contributed by atoms with E-state index < -0.39 is 14.6 Å². The Hall–Kier alpha value is -1.01. The van der Waals surface area contributed by atoms with Crippen LogP contribution >= 0.6 is 0 Å². The van der Waals surface area contributed by atoms with Gasteiger partial charge in [0.15, 0.2) is 9.84 Å². The number of hydrogen-bond donors (Lipinski definition) is 1. The highest BCUT2D eigenvalue weighted by molar-refractivity contribution is 7.92. The van der Waals surface area contributed by atoms with E-state index in [-0.39, 0.29) is 0 Å². The molecule has 1 N–H and O–H groups in total. The Morgan fingerprint density at radius 3 is 2.38 bits per heavy atom. The van der Waals surface area contributed by atoms with Crippen LogP contribution in [0.4, 0.5) is 0 Å². The van der Waals surface area contributed by atoms with Gasteiger partial charge in [0.25, 0.3) is 0 Å². The third kappa shape index (κ3) is 3.53. The van der Waals surface area contributed by atoms with Gasteiger partial charge in [0.1, 0.15) is 6.33 Å². The second-order valence-corrected chi connectivity index (χ2v) is 7.03. The summed E-state index contributed by atoms with van der Waals surface area (Å²) in [5.41, 5.74) is 0.937. The summed E-state index contributed by atoms with van der Waals surface area (Å²) in [7, 11) is -3.05. The fourth-order valence-corrected chi connectivity index (χ4v) is 1.42. The molecule has 0 aliphatic rings. The number of nitrogens with zero attached hydrogens (tertiary/aromatic N) is 2. The van der Waals surface area contributed by atoms with E-state index >= 15 is 0 Å². The van der Waals surface area contributed by atoms with Gasteiger partial charge >= 0.3 is 0 Å². The number of sulfone groups is 1. The zero-order valence-electron chi connectivity index (χ0n) is 9.77. The highest BCUT2D eigenvalue weighted by Crippen LogP contribution is 2.13. The average Bonchev–Trinajstić information content (AvgIpc) is 2.17. The van der Waals surface area contributed by atoms with E-state index in [0.29, 0.717) is 13.1 Å². The van der Waals surface area contributed by atoms with Crippen LogP contribution in [-0.4, -0.2) is 35.9 Å². The van der Waals surface area contributed by atoms with Crippen LogP contribution in [0.1, 0.15) is 19.4 Å². The van der Waals surface area contributed by atoms with Crippen molar-refractivity contribution in [1.29, 1.82) is 0 Å². The molecule has 0 saturated heterocycles. The zero-order chi connectivity index (χ0) is 12.2. The normalized spacial score (nSPS) is 12.7. The van der Waals surface area contributed by atoms with Crippen molar-refractivity contribution in [3.63, 3.8) is 0 Å². The first-order valence-electron chi connectivity index (χ1n) is 4.97. The van der Waals surface area contributed by atoms with Crippen LogP contribution in [0.15, 0.2) is 18.7 Å². The molecule has 0 amide bonds. The van der Waals surface area contributed by atoms with Crippen molar-refractivity contribution in [1.82, 2.24) is 15.3 Å². The average molecular weight is 243 g/mol. The Morgan fingerprint density at radius 1 is 1.31 bits per heavy atom. The Labute approximate surface area is 96.2 Å². The molecule has 1 rings (SSSR count). The second-order valence-electron chi connectivity index (χ2n) is 4.38. The molecule has 1 heterocycles. The molecule has 0 spiro atoms. The summed E-state index contributed by atoms with van der Waals surface area (Å²) in [6.45, 7) is 4.38. The molecule has 1 aromatic rings. The standard InChI is InChI=1S/C10H17N3O2S/c1-10(2,16(3,14)15)7-11-4-9-5-12-8-13-6-9/h5-6,8,11H,4,7H2,1-3H3. The van der Waals surface area contributed by atoms with Gasteiger partial charge in [-0.05, 0) is 13.8 Å². The van der Waals surface area contributed by atoms with Crippen LogP contribution in [0.5, 0.6) is 0 Å². The lowest BCUT2D eigenvalue weighted by atomic mass is 10.2. The Morgan fingerprint density at radius 2 is 1.88 bits per heavy atom. The predicted octanol–water partition coefficient (Wildman–Crippen LogP) is 0.389. The van der Waals surface area contributed by atoms with E-state index in [2.05, 4.69) is 15.3 Å². The summed E-state index contributed by atoms with van der Waals surface area (Å²) in [6.07, 6.45) is 6.12. The van der Waals surface area contributed by atoms with Gasteiger partial charge in [-0.2, -0.15) is 0 Å². The van der Waals surface area contributed by atoms with Crippen molar-refractivity contribution in [2.45, 2.75) is 25.1 Å². The largest absolute Gasteiger partial charge is 0.311 e. The molecular formula is C10H17N3O2S. The first kappa shape index (κ1) is 13.1. The summed E-state index contributed by atoms with van der Waals surface area (Å²) in [5.74, 6) is 0. The molecule has 0 bridgehead atoms. The fourth-order valence-electron chi connectivity index (χ4n) is 1.06. The third-order valence-corrected chi connectivity index (χ3v) is 4.65. The van der Waals surface area contributed by atoms with Crippen molar-refractivity contribution >= 4 is 9.84 Å². The molecule has 0 aliphatic heterocycles. The predicted molar refractivity (Wildman–Crippen MR) is 62.7 cm³/mol. The first-order valence-corrected chi connectivity index (χ1v) is 6.86. The Balaban J connectivity index is 2.48. The van der Waals surface area contributed by atoms with Crippen molar-refractivity contribution in [3.8, 4) is 0 Å². The number of nitrogens with one attached hydrogen (secondary N) is 1. The second kappa shape index (κ2) is 4.88. The van der Waals surface area contributed by atoms with Crippen molar-refractivity contribution < 1.29 is 8.42 Å². The molecule has 1 aromatic heterocycles. The summed E-state index contributed by atoms with van der Waals surface area (Å²) >= 11 is 0. The molecule has 0 aromatic carbocycles. The van der Waals surface area contributed by atoms with Gasteiger partial charge in [-0.15, -0.1) is 0 Å². The summed E-state index contributed by atoms with van der Waals surface area (Å²) in [5, 5.41) is 3.09. The molecule has 0 radical (unpaired) electrons. The summed E-state index contributed by atoms with van der Waals surface area (Å²) in [6, 6.07) is 0. The maximum atomic E-state index is 11.4. The Kier molecular flexibility index (Phi) is 3.98. The van der Waals surface area contributed by atoms with E-state index in [1.165, 1.54) is 12.6 Å². The van der Waals surface area contributed by atoms with Crippen LogP contribution in [0.25, 0.3) is 0 Å². The maximum absolute atomic E-state index is 11.4. The summed E-state index contributed by atoms with van der Waals surface area (Å²) < 4.78 is 22.1. The topological polar surface area (TPSA) is 72.0 Å². The van der Waals surface area contributed by atoms with E-state index in [9.17, 15) is 8.42 Å². The van der Waals surface area contributed by atoms with Gasteiger partial charge in [-0.1, -0.05) is 0 Å². The quantitative estimate of drug-likeness (QED) is 0.810. The van der Waals surface area contributed by atoms with Gasteiger partial charge in [0, 0.05) is 37.3 Å². The number of hydrogen-bond acceptors (Lipinski definition) is 5. The van der Waals surface area contributed by atoms with Crippen LogP contribution < -0.4 is 5.32 Å². The molecule has 0 aliphatic carbocycles. The monoisotopic (exact) mass is 243 g/mol. The minimum atomic E-state index is -3.05. The molecule has 0 saturated carbocycles. The Bertz CT molecular complexity index is 429. The van der Waals surface area contributed by atoms with E-state index in [0.717, 1.165) is 5.56 Å². The van der Waals surface area contributed by atoms with Crippen LogP contribution in [0.2, 0.25) is 0 Å².